The Morgan fingerprint density at radius 3 is 2.83 bits per heavy atom. The van der Waals surface area contributed by atoms with Crippen molar-refractivity contribution in [3.63, 3.8) is 0 Å². The lowest BCUT2D eigenvalue weighted by Gasteiger charge is -2.07. The lowest BCUT2D eigenvalue weighted by molar-refractivity contribution is -0.121. The third-order valence-corrected chi connectivity index (χ3v) is 4.10. The van der Waals surface area contributed by atoms with Gasteiger partial charge in [-0.25, -0.2) is 4.79 Å². The van der Waals surface area contributed by atoms with E-state index >= 15 is 0 Å². The topological polar surface area (TPSA) is 75.1 Å². The van der Waals surface area contributed by atoms with Crippen LogP contribution in [-0.4, -0.2) is 17.4 Å². The molecule has 0 aliphatic carbocycles. The van der Waals surface area contributed by atoms with Crippen LogP contribution < -0.4 is 11.1 Å². The van der Waals surface area contributed by atoms with Crippen molar-refractivity contribution in [3.05, 3.63) is 69.7 Å². The van der Waals surface area contributed by atoms with Crippen LogP contribution in [0.5, 0.6) is 0 Å². The number of amides is 1. The highest BCUT2D eigenvalue weighted by Crippen LogP contribution is 2.12. The molecule has 0 aliphatic rings. The second-order valence-electron chi connectivity index (χ2n) is 5.87. The number of carbonyl (C=O) groups excluding carboxylic acids is 1. The van der Waals surface area contributed by atoms with E-state index in [0.29, 0.717) is 30.5 Å². The molecule has 1 amide bonds. The first kappa shape index (κ1) is 16.1. The molecule has 5 heteroatoms. The van der Waals surface area contributed by atoms with Crippen molar-refractivity contribution < 1.29 is 9.21 Å². The number of carbonyl (C=O) groups is 1. The maximum absolute atomic E-state index is 12.0. The van der Waals surface area contributed by atoms with Crippen molar-refractivity contribution in [1.29, 1.82) is 0 Å². The summed E-state index contributed by atoms with van der Waals surface area (Å²) in [5, 5.41) is 2.94. The number of aromatic nitrogens is 1. The van der Waals surface area contributed by atoms with Gasteiger partial charge in [0.1, 0.15) is 0 Å². The largest absolute Gasteiger partial charge is 0.417 e. The highest BCUT2D eigenvalue weighted by molar-refractivity contribution is 5.76. The second-order valence-corrected chi connectivity index (χ2v) is 5.87. The second kappa shape index (κ2) is 7.17. The van der Waals surface area contributed by atoms with Crippen LogP contribution in [0, 0.1) is 6.92 Å². The number of fused-ring (bicyclic) bond motifs is 1. The molecule has 0 saturated carbocycles. The minimum absolute atomic E-state index is 0.0519. The maximum Gasteiger partial charge on any atom is 0.417 e. The zero-order chi connectivity index (χ0) is 16.9. The fourth-order valence-corrected chi connectivity index (χ4v) is 2.73. The fourth-order valence-electron chi connectivity index (χ4n) is 2.73. The Morgan fingerprint density at radius 2 is 2.00 bits per heavy atom. The van der Waals surface area contributed by atoms with E-state index in [9.17, 15) is 9.59 Å². The van der Waals surface area contributed by atoms with E-state index in [1.54, 1.807) is 6.07 Å². The Hall–Kier alpha value is -2.82. The third-order valence-electron chi connectivity index (χ3n) is 4.10. The number of H-pyrrole nitrogens is 1. The van der Waals surface area contributed by atoms with Crippen molar-refractivity contribution in [2.24, 2.45) is 0 Å². The zero-order valence-electron chi connectivity index (χ0n) is 13.6. The molecular weight excluding hydrogens is 304 g/mol. The van der Waals surface area contributed by atoms with Gasteiger partial charge in [0.15, 0.2) is 5.58 Å². The lowest BCUT2D eigenvalue weighted by Crippen LogP contribution is -2.25. The van der Waals surface area contributed by atoms with E-state index in [2.05, 4.69) is 29.4 Å². The molecule has 0 aliphatic heterocycles. The quantitative estimate of drug-likeness (QED) is 0.732. The smallest absolute Gasteiger partial charge is 0.408 e. The molecule has 0 atom stereocenters. The van der Waals surface area contributed by atoms with Gasteiger partial charge in [0.2, 0.25) is 5.91 Å². The fraction of sp³-hybridized carbons (Fsp3) is 0.263. The molecule has 2 aromatic carbocycles. The first-order valence-corrected chi connectivity index (χ1v) is 8.05. The monoisotopic (exact) mass is 324 g/mol. The number of hydrogen-bond donors (Lipinski definition) is 2. The summed E-state index contributed by atoms with van der Waals surface area (Å²) in [5.41, 5.74) is 4.70. The number of rotatable bonds is 6. The average molecular weight is 324 g/mol. The number of benzene rings is 2. The minimum Gasteiger partial charge on any atom is -0.408 e. The van der Waals surface area contributed by atoms with Gasteiger partial charge in [-0.2, -0.15) is 0 Å². The number of oxazole rings is 1. The summed E-state index contributed by atoms with van der Waals surface area (Å²) in [5.74, 6) is -0.400. The molecule has 0 spiro atoms. The summed E-state index contributed by atoms with van der Waals surface area (Å²) < 4.78 is 4.97. The Labute approximate surface area is 139 Å². The molecule has 24 heavy (non-hydrogen) atoms. The summed E-state index contributed by atoms with van der Waals surface area (Å²) in [6.45, 7) is 2.63. The molecule has 0 radical (unpaired) electrons. The van der Waals surface area contributed by atoms with Crippen molar-refractivity contribution in [3.8, 4) is 0 Å². The van der Waals surface area contributed by atoms with Gasteiger partial charge in [-0.3, -0.25) is 9.78 Å². The molecule has 2 N–H and O–H groups in total. The van der Waals surface area contributed by atoms with Gasteiger partial charge in [0, 0.05) is 13.0 Å². The molecular formula is C19H20N2O3. The van der Waals surface area contributed by atoms with Crippen LogP contribution >= 0.6 is 0 Å². The van der Waals surface area contributed by atoms with Gasteiger partial charge < -0.3 is 9.73 Å². The Bertz CT molecular complexity index is 908. The van der Waals surface area contributed by atoms with E-state index in [1.165, 1.54) is 11.1 Å². The normalized spacial score (nSPS) is 10.9. The summed E-state index contributed by atoms with van der Waals surface area (Å²) >= 11 is 0. The number of nitrogens with one attached hydrogen (secondary N) is 2. The maximum atomic E-state index is 12.0. The van der Waals surface area contributed by atoms with Crippen molar-refractivity contribution in [2.75, 3.05) is 6.54 Å². The van der Waals surface area contributed by atoms with Gasteiger partial charge in [-0.15, -0.1) is 0 Å². The molecule has 3 rings (SSSR count). The molecule has 124 valence electrons. The summed E-state index contributed by atoms with van der Waals surface area (Å²) in [4.78, 5) is 25.7. The summed E-state index contributed by atoms with van der Waals surface area (Å²) in [6, 6.07) is 13.7. The summed E-state index contributed by atoms with van der Waals surface area (Å²) in [6.07, 6.45) is 1.94. The molecule has 0 fully saturated rings. The van der Waals surface area contributed by atoms with Crippen molar-refractivity contribution in [2.45, 2.75) is 26.2 Å². The Morgan fingerprint density at radius 1 is 1.17 bits per heavy atom. The van der Waals surface area contributed by atoms with Gasteiger partial charge in [-0.1, -0.05) is 30.3 Å². The molecule has 0 bridgehead atoms. The zero-order valence-corrected chi connectivity index (χ0v) is 13.6. The van der Waals surface area contributed by atoms with E-state index in [0.717, 1.165) is 12.0 Å². The Balaban J connectivity index is 1.47. The van der Waals surface area contributed by atoms with Crippen molar-refractivity contribution >= 4 is 17.0 Å². The van der Waals surface area contributed by atoms with E-state index < -0.39 is 5.76 Å². The van der Waals surface area contributed by atoms with Crippen LogP contribution in [0.3, 0.4) is 0 Å². The van der Waals surface area contributed by atoms with Crippen molar-refractivity contribution in [1.82, 2.24) is 10.3 Å². The van der Waals surface area contributed by atoms with Crippen LogP contribution in [0.25, 0.3) is 11.1 Å². The van der Waals surface area contributed by atoms with Gasteiger partial charge in [0.05, 0.1) is 5.52 Å². The molecule has 1 aromatic heterocycles. The van der Waals surface area contributed by atoms with E-state index in [1.807, 2.05) is 24.3 Å². The third kappa shape index (κ3) is 3.93. The van der Waals surface area contributed by atoms with Crippen LogP contribution in [-0.2, 0) is 17.6 Å². The molecule has 5 nitrogen and oxygen atoms in total. The average Bonchev–Trinajstić information content (AvgIpc) is 2.93. The summed E-state index contributed by atoms with van der Waals surface area (Å²) in [7, 11) is 0. The van der Waals surface area contributed by atoms with E-state index in [-0.39, 0.29) is 5.91 Å². The predicted octanol–water partition coefficient (Wildman–Crippen LogP) is 2.72. The van der Waals surface area contributed by atoms with Crippen LogP contribution in [0.15, 0.2) is 51.7 Å². The molecule has 1 heterocycles. The highest BCUT2D eigenvalue weighted by atomic mass is 16.4. The van der Waals surface area contributed by atoms with Gasteiger partial charge in [0.25, 0.3) is 0 Å². The number of hydrogen-bond acceptors (Lipinski definition) is 3. The minimum atomic E-state index is -0.452. The molecule has 3 aromatic rings. The van der Waals surface area contributed by atoms with Gasteiger partial charge >= 0.3 is 5.76 Å². The number of aromatic amines is 1. The first-order chi connectivity index (χ1) is 11.6. The lowest BCUT2D eigenvalue weighted by atomic mass is 10.0. The van der Waals surface area contributed by atoms with Crippen LogP contribution in [0.1, 0.15) is 23.1 Å². The van der Waals surface area contributed by atoms with E-state index in [4.69, 9.17) is 4.42 Å². The Kier molecular flexibility index (Phi) is 4.79. The molecule has 0 unspecified atom stereocenters. The first-order valence-electron chi connectivity index (χ1n) is 8.05. The highest BCUT2D eigenvalue weighted by Gasteiger charge is 2.05. The number of aryl methyl sites for hydroxylation is 2. The predicted molar refractivity (Wildman–Crippen MR) is 93.0 cm³/mol. The van der Waals surface area contributed by atoms with Crippen LogP contribution in [0.4, 0.5) is 0 Å². The molecule has 0 saturated heterocycles. The standard InChI is InChI=1S/C19H20N2O3/c1-13-4-2-3-5-15(13)7-9-18(22)20-11-10-14-6-8-17-16(12-14)21-19(23)24-17/h2-6,8,12H,7,9-11H2,1H3,(H,20,22)(H,21,23). The van der Waals surface area contributed by atoms with Gasteiger partial charge in [-0.05, 0) is 48.6 Å². The SMILES string of the molecule is Cc1ccccc1CCC(=O)NCCc1ccc2oc(=O)[nH]c2c1. The van der Waals surface area contributed by atoms with Crippen LogP contribution in [0.2, 0.25) is 0 Å².